The number of ether oxygens (including phenoxy) is 2. The van der Waals surface area contributed by atoms with Crippen LogP contribution in [0.1, 0.15) is 29.8 Å². The molecule has 7 heteroatoms. The number of rotatable bonds is 1. The van der Waals surface area contributed by atoms with E-state index in [1.165, 1.54) is 23.1 Å². The van der Waals surface area contributed by atoms with Crippen LogP contribution in [-0.4, -0.2) is 42.9 Å². The fourth-order valence-corrected chi connectivity index (χ4v) is 2.91. The lowest BCUT2D eigenvalue weighted by atomic mass is 9.80. The average molecular weight is 329 g/mol. The van der Waals surface area contributed by atoms with Gasteiger partial charge < -0.3 is 14.4 Å². The second-order valence-corrected chi connectivity index (χ2v) is 6.68. The Morgan fingerprint density at radius 3 is 2.26 bits per heavy atom. The van der Waals surface area contributed by atoms with Crippen LogP contribution in [0.25, 0.3) is 0 Å². The van der Waals surface area contributed by atoms with E-state index in [1.807, 2.05) is 0 Å². The molecule has 0 aliphatic carbocycles. The van der Waals surface area contributed by atoms with Gasteiger partial charge in [0.25, 0.3) is 5.91 Å². The van der Waals surface area contributed by atoms with Crippen LogP contribution in [0.15, 0.2) is 24.3 Å². The van der Waals surface area contributed by atoms with Gasteiger partial charge >= 0.3 is 6.18 Å². The molecule has 1 amide bonds. The molecule has 0 atom stereocenters. The second kappa shape index (κ2) is 5.21. The number of hydrogen-bond acceptors (Lipinski definition) is 3. The molecule has 1 spiro atoms. The zero-order valence-corrected chi connectivity index (χ0v) is 12.9. The monoisotopic (exact) mass is 329 g/mol. The molecule has 2 saturated heterocycles. The predicted octanol–water partition coefficient (Wildman–Crippen LogP) is 2.93. The molecule has 0 N–H and O–H groups in total. The highest BCUT2D eigenvalue weighted by Gasteiger charge is 2.51. The quantitative estimate of drug-likeness (QED) is 0.795. The normalized spacial score (nSPS) is 22.7. The summed E-state index contributed by atoms with van der Waals surface area (Å²) in [6.45, 7) is 5.17. The summed E-state index contributed by atoms with van der Waals surface area (Å²) in [7, 11) is 0. The molecule has 1 aromatic rings. The Kier molecular flexibility index (Phi) is 3.68. The van der Waals surface area contributed by atoms with Crippen molar-refractivity contribution in [2.45, 2.75) is 25.8 Å². The number of hydrogen-bond donors (Lipinski definition) is 0. The van der Waals surface area contributed by atoms with Crippen LogP contribution in [0.5, 0.6) is 0 Å². The van der Waals surface area contributed by atoms with Gasteiger partial charge in [-0.3, -0.25) is 4.79 Å². The first-order chi connectivity index (χ1) is 10.6. The van der Waals surface area contributed by atoms with Crippen LogP contribution >= 0.6 is 0 Å². The van der Waals surface area contributed by atoms with Crippen molar-refractivity contribution in [3.05, 3.63) is 35.4 Å². The molecule has 126 valence electrons. The van der Waals surface area contributed by atoms with Crippen LogP contribution in [-0.2, 0) is 15.7 Å². The van der Waals surface area contributed by atoms with Crippen LogP contribution in [0.2, 0.25) is 0 Å². The molecule has 0 aromatic heterocycles. The first-order valence-corrected chi connectivity index (χ1v) is 7.35. The topological polar surface area (TPSA) is 38.8 Å². The summed E-state index contributed by atoms with van der Waals surface area (Å²) in [5.41, 5.74) is -1.52. The maximum atomic E-state index is 13.0. The lowest BCUT2D eigenvalue weighted by Crippen LogP contribution is -2.65. The van der Waals surface area contributed by atoms with Gasteiger partial charge in [0.05, 0.1) is 29.8 Å². The van der Waals surface area contributed by atoms with Crippen molar-refractivity contribution in [3.8, 4) is 0 Å². The van der Waals surface area contributed by atoms with Crippen molar-refractivity contribution in [2.24, 2.45) is 5.41 Å². The van der Waals surface area contributed by atoms with Crippen LogP contribution < -0.4 is 0 Å². The maximum absolute atomic E-state index is 13.0. The number of alkyl halides is 3. The first kappa shape index (κ1) is 16.3. The molecule has 4 nitrogen and oxygen atoms in total. The molecule has 23 heavy (non-hydrogen) atoms. The minimum absolute atomic E-state index is 0.307. The predicted molar refractivity (Wildman–Crippen MR) is 75.8 cm³/mol. The van der Waals surface area contributed by atoms with Crippen LogP contribution in [0, 0.1) is 5.41 Å². The lowest BCUT2D eigenvalue weighted by Gasteiger charge is -2.54. The van der Waals surface area contributed by atoms with E-state index in [2.05, 4.69) is 0 Å². The molecule has 1 aromatic carbocycles. The van der Waals surface area contributed by atoms with Gasteiger partial charge in [0.1, 0.15) is 0 Å². The average Bonchev–Trinajstić information content (AvgIpc) is 2.44. The van der Waals surface area contributed by atoms with Crippen molar-refractivity contribution >= 4 is 5.91 Å². The zero-order chi connectivity index (χ0) is 16.9. The van der Waals surface area contributed by atoms with Crippen LogP contribution in [0.3, 0.4) is 0 Å². The zero-order valence-electron chi connectivity index (χ0n) is 12.9. The molecule has 0 saturated carbocycles. The fraction of sp³-hybridized carbons (Fsp3) is 0.562. The van der Waals surface area contributed by atoms with E-state index in [9.17, 15) is 18.0 Å². The van der Waals surface area contributed by atoms with E-state index < -0.39 is 23.4 Å². The molecule has 2 heterocycles. The summed E-state index contributed by atoms with van der Waals surface area (Å²) in [4.78, 5) is 13.8. The summed E-state index contributed by atoms with van der Waals surface area (Å²) < 4.78 is 50.2. The van der Waals surface area contributed by atoms with E-state index in [4.69, 9.17) is 9.47 Å². The smallest absolute Gasteiger partial charge is 0.350 e. The van der Waals surface area contributed by atoms with E-state index >= 15 is 0 Å². The first-order valence-electron chi connectivity index (χ1n) is 7.35. The number of nitrogens with zero attached hydrogens (tertiary/aromatic N) is 1. The Labute approximate surface area is 132 Å². The number of carbonyl (C=O) groups excluding carboxylic acids is 1. The molecular formula is C16H18F3NO3. The Bertz CT molecular complexity index is 609. The van der Waals surface area contributed by atoms with Gasteiger partial charge in [-0.25, -0.2) is 0 Å². The summed E-state index contributed by atoms with van der Waals surface area (Å²) in [6, 6.07) is 4.86. The molecule has 3 rings (SSSR count). The highest BCUT2D eigenvalue weighted by Crippen LogP contribution is 2.39. The third-order valence-electron chi connectivity index (χ3n) is 4.25. The molecule has 0 bridgehead atoms. The number of benzene rings is 1. The highest BCUT2D eigenvalue weighted by atomic mass is 19.4. The van der Waals surface area contributed by atoms with Gasteiger partial charge in [0.15, 0.2) is 5.79 Å². The number of amides is 1. The largest absolute Gasteiger partial charge is 0.417 e. The number of likely N-dealkylation sites (tertiary alicyclic amines) is 1. The lowest BCUT2D eigenvalue weighted by molar-refractivity contribution is -0.301. The van der Waals surface area contributed by atoms with Gasteiger partial charge in [-0.1, -0.05) is 12.1 Å². The Morgan fingerprint density at radius 1 is 1.13 bits per heavy atom. The molecule has 0 radical (unpaired) electrons. The van der Waals surface area contributed by atoms with Crippen molar-refractivity contribution in [3.63, 3.8) is 0 Å². The van der Waals surface area contributed by atoms with E-state index in [1.54, 1.807) is 13.8 Å². The standard InChI is InChI=1S/C16H18F3NO3/c1-14(2)22-9-15(10-23-14)7-20(8-15)13(21)11-5-3-4-6-12(11)16(17,18)19/h3-6H,7-10H2,1-2H3. The maximum Gasteiger partial charge on any atom is 0.417 e. The highest BCUT2D eigenvalue weighted by molar-refractivity contribution is 5.96. The molecule has 2 aliphatic heterocycles. The van der Waals surface area contributed by atoms with Gasteiger partial charge in [0.2, 0.25) is 0 Å². The number of halogens is 3. The molecule has 2 fully saturated rings. The molecule has 2 aliphatic rings. The Morgan fingerprint density at radius 2 is 1.70 bits per heavy atom. The molecular weight excluding hydrogens is 311 g/mol. The van der Waals surface area contributed by atoms with Gasteiger partial charge in [-0.2, -0.15) is 13.2 Å². The van der Waals surface area contributed by atoms with Crippen molar-refractivity contribution < 1.29 is 27.4 Å². The van der Waals surface area contributed by atoms with Crippen molar-refractivity contribution in [2.75, 3.05) is 26.3 Å². The SMILES string of the molecule is CC1(C)OCC2(CO1)CN(C(=O)c1ccccc1C(F)(F)F)C2. The summed E-state index contributed by atoms with van der Waals surface area (Å²) >= 11 is 0. The second-order valence-electron chi connectivity index (χ2n) is 6.68. The van der Waals surface area contributed by atoms with Crippen molar-refractivity contribution in [1.82, 2.24) is 4.90 Å². The minimum atomic E-state index is -4.55. The summed E-state index contributed by atoms with van der Waals surface area (Å²) in [5.74, 6) is -1.26. The van der Waals surface area contributed by atoms with Crippen molar-refractivity contribution in [1.29, 1.82) is 0 Å². The summed E-state index contributed by atoms with van der Waals surface area (Å²) in [5, 5.41) is 0. The van der Waals surface area contributed by atoms with Gasteiger partial charge in [-0.15, -0.1) is 0 Å². The summed E-state index contributed by atoms with van der Waals surface area (Å²) in [6.07, 6.45) is -4.55. The third kappa shape index (κ3) is 3.07. The number of carbonyl (C=O) groups is 1. The Hall–Kier alpha value is -1.60. The van der Waals surface area contributed by atoms with Crippen LogP contribution in [0.4, 0.5) is 13.2 Å². The van der Waals surface area contributed by atoms with Gasteiger partial charge in [0, 0.05) is 13.1 Å². The van der Waals surface area contributed by atoms with Gasteiger partial charge in [-0.05, 0) is 26.0 Å². The Balaban J connectivity index is 1.71. The minimum Gasteiger partial charge on any atom is -0.350 e. The fourth-order valence-electron chi connectivity index (χ4n) is 2.91. The molecule has 0 unspecified atom stereocenters. The van der Waals surface area contributed by atoms with E-state index in [0.717, 1.165) is 6.07 Å². The van der Waals surface area contributed by atoms with E-state index in [-0.39, 0.29) is 11.0 Å². The van der Waals surface area contributed by atoms with E-state index in [0.29, 0.717) is 26.3 Å². The third-order valence-corrected chi connectivity index (χ3v) is 4.25.